The first-order valence-electron chi connectivity index (χ1n) is 7.05. The van der Waals surface area contributed by atoms with E-state index in [4.69, 9.17) is 0 Å². The number of fused-ring (bicyclic) bond motifs is 1. The number of aliphatic hydroxyl groups is 1. The highest BCUT2D eigenvalue weighted by Gasteiger charge is 2.15. The number of aromatic nitrogens is 2. The Morgan fingerprint density at radius 2 is 1.77 bits per heavy atom. The highest BCUT2D eigenvalue weighted by molar-refractivity contribution is 5.81. The third kappa shape index (κ3) is 2.37. The molecule has 0 aliphatic carbocycles. The predicted octanol–water partition coefficient (Wildman–Crippen LogP) is 3.59. The van der Waals surface area contributed by atoms with Crippen LogP contribution in [0, 0.1) is 25.5 Å². The maximum atomic E-state index is 13.5. The number of halogens is 2. The topological polar surface area (TPSA) is 38.0 Å². The lowest BCUT2D eigenvalue weighted by Crippen LogP contribution is -2.04. The molecule has 0 atom stereocenters. The zero-order chi connectivity index (χ0) is 15.9. The fourth-order valence-electron chi connectivity index (χ4n) is 2.55. The van der Waals surface area contributed by atoms with Gasteiger partial charge in [-0.3, -0.25) is 0 Å². The second-order valence-corrected chi connectivity index (χ2v) is 5.36. The largest absolute Gasteiger partial charge is 0.395 e. The van der Waals surface area contributed by atoms with Crippen LogP contribution in [0.15, 0.2) is 30.3 Å². The van der Waals surface area contributed by atoms with Crippen LogP contribution in [0.25, 0.3) is 22.4 Å². The Labute approximate surface area is 126 Å². The molecule has 0 fully saturated rings. The van der Waals surface area contributed by atoms with E-state index in [1.807, 2.05) is 32.0 Å². The smallest absolute Gasteiger partial charge is 0.161 e. The third-order valence-corrected chi connectivity index (χ3v) is 3.88. The molecule has 114 valence electrons. The number of nitrogens with zero attached hydrogens (tertiary/aromatic N) is 2. The number of hydrogen-bond acceptors (Lipinski definition) is 2. The van der Waals surface area contributed by atoms with Gasteiger partial charge in [-0.2, -0.15) is 0 Å². The molecule has 5 heteroatoms. The van der Waals surface area contributed by atoms with E-state index >= 15 is 0 Å². The lowest BCUT2D eigenvalue weighted by Gasteiger charge is -2.09. The number of rotatable bonds is 3. The van der Waals surface area contributed by atoms with Crippen molar-refractivity contribution in [1.29, 1.82) is 0 Å². The maximum absolute atomic E-state index is 13.5. The summed E-state index contributed by atoms with van der Waals surface area (Å²) in [6, 6.07) is 8.09. The van der Waals surface area contributed by atoms with Crippen LogP contribution in [-0.4, -0.2) is 21.3 Å². The van der Waals surface area contributed by atoms with E-state index in [1.165, 1.54) is 0 Å². The first-order valence-corrected chi connectivity index (χ1v) is 7.05. The van der Waals surface area contributed by atoms with Crippen LogP contribution in [-0.2, 0) is 6.54 Å². The number of imidazole rings is 1. The zero-order valence-corrected chi connectivity index (χ0v) is 12.4. The highest BCUT2D eigenvalue weighted by Crippen LogP contribution is 2.27. The van der Waals surface area contributed by atoms with Crippen molar-refractivity contribution in [3.05, 3.63) is 53.1 Å². The lowest BCUT2D eigenvalue weighted by molar-refractivity contribution is 0.278. The Hall–Kier alpha value is -2.27. The number of aryl methyl sites for hydroxylation is 2. The summed E-state index contributed by atoms with van der Waals surface area (Å²) >= 11 is 0. The summed E-state index contributed by atoms with van der Waals surface area (Å²) in [6.07, 6.45) is 0. The van der Waals surface area contributed by atoms with Gasteiger partial charge in [0, 0.05) is 24.2 Å². The molecule has 0 unspecified atom stereocenters. The Morgan fingerprint density at radius 3 is 2.45 bits per heavy atom. The van der Waals surface area contributed by atoms with E-state index in [1.54, 1.807) is 4.57 Å². The molecule has 0 aliphatic rings. The first-order chi connectivity index (χ1) is 10.5. The second-order valence-electron chi connectivity index (χ2n) is 5.36. The molecule has 22 heavy (non-hydrogen) atoms. The van der Waals surface area contributed by atoms with Crippen LogP contribution < -0.4 is 0 Å². The SMILES string of the molecule is Cc1ccc(-c2nc3cc(F)c(F)cc3n2CCO)cc1C. The van der Waals surface area contributed by atoms with Gasteiger partial charge in [-0.1, -0.05) is 12.1 Å². The van der Waals surface area contributed by atoms with Gasteiger partial charge >= 0.3 is 0 Å². The van der Waals surface area contributed by atoms with Crippen molar-refractivity contribution in [2.45, 2.75) is 20.4 Å². The molecule has 0 saturated carbocycles. The molecule has 0 amide bonds. The van der Waals surface area contributed by atoms with E-state index in [9.17, 15) is 13.9 Å². The van der Waals surface area contributed by atoms with Crippen molar-refractivity contribution in [3.8, 4) is 11.4 Å². The average molecular weight is 302 g/mol. The Balaban J connectivity index is 2.27. The van der Waals surface area contributed by atoms with Crippen molar-refractivity contribution in [3.63, 3.8) is 0 Å². The number of benzene rings is 2. The Bertz CT molecular complexity index is 855. The van der Waals surface area contributed by atoms with Crippen molar-refractivity contribution >= 4 is 11.0 Å². The van der Waals surface area contributed by atoms with Gasteiger partial charge < -0.3 is 9.67 Å². The normalized spacial score (nSPS) is 11.3. The molecule has 2 aromatic carbocycles. The van der Waals surface area contributed by atoms with E-state index in [2.05, 4.69) is 4.98 Å². The standard InChI is InChI=1S/C17H16F2N2O/c1-10-3-4-12(7-11(10)2)17-20-15-8-13(18)14(19)9-16(15)21(17)5-6-22/h3-4,7-9,22H,5-6H2,1-2H3. The quantitative estimate of drug-likeness (QED) is 0.803. The van der Waals surface area contributed by atoms with Gasteiger partial charge in [-0.05, 0) is 31.0 Å². The van der Waals surface area contributed by atoms with Gasteiger partial charge in [0.15, 0.2) is 11.6 Å². The summed E-state index contributed by atoms with van der Waals surface area (Å²) in [7, 11) is 0. The monoisotopic (exact) mass is 302 g/mol. The molecule has 3 nitrogen and oxygen atoms in total. The molecule has 1 heterocycles. The molecule has 3 rings (SSSR count). The van der Waals surface area contributed by atoms with Crippen LogP contribution >= 0.6 is 0 Å². The summed E-state index contributed by atoms with van der Waals surface area (Å²) in [5, 5.41) is 9.28. The lowest BCUT2D eigenvalue weighted by atomic mass is 10.1. The van der Waals surface area contributed by atoms with Crippen molar-refractivity contribution in [2.75, 3.05) is 6.61 Å². The molecular weight excluding hydrogens is 286 g/mol. The zero-order valence-electron chi connectivity index (χ0n) is 12.4. The summed E-state index contributed by atoms with van der Waals surface area (Å²) in [5.74, 6) is -1.25. The molecule has 0 bridgehead atoms. The Morgan fingerprint density at radius 1 is 1.05 bits per heavy atom. The van der Waals surface area contributed by atoms with Crippen molar-refractivity contribution < 1.29 is 13.9 Å². The molecule has 1 aromatic heterocycles. The van der Waals surface area contributed by atoms with Crippen LogP contribution in [0.2, 0.25) is 0 Å². The summed E-state index contributed by atoms with van der Waals surface area (Å²) in [6.45, 7) is 4.17. The summed E-state index contributed by atoms with van der Waals surface area (Å²) < 4.78 is 28.7. The minimum atomic E-state index is -0.923. The second kappa shape index (κ2) is 5.50. The molecule has 0 spiro atoms. The van der Waals surface area contributed by atoms with Gasteiger partial charge in [-0.25, -0.2) is 13.8 Å². The van der Waals surface area contributed by atoms with Gasteiger partial charge in [0.1, 0.15) is 5.82 Å². The van der Waals surface area contributed by atoms with E-state index in [0.29, 0.717) is 16.9 Å². The molecule has 0 saturated heterocycles. The maximum Gasteiger partial charge on any atom is 0.161 e. The van der Waals surface area contributed by atoms with Gasteiger partial charge in [-0.15, -0.1) is 0 Å². The average Bonchev–Trinajstić information content (AvgIpc) is 2.81. The molecular formula is C17H16F2N2O. The van der Waals surface area contributed by atoms with E-state index < -0.39 is 11.6 Å². The van der Waals surface area contributed by atoms with Crippen LogP contribution in [0.1, 0.15) is 11.1 Å². The third-order valence-electron chi connectivity index (χ3n) is 3.88. The van der Waals surface area contributed by atoms with Crippen molar-refractivity contribution in [2.24, 2.45) is 0 Å². The first kappa shape index (κ1) is 14.7. The van der Waals surface area contributed by atoms with Gasteiger partial charge in [0.25, 0.3) is 0 Å². The van der Waals surface area contributed by atoms with Crippen molar-refractivity contribution in [1.82, 2.24) is 9.55 Å². The molecule has 1 N–H and O–H groups in total. The van der Waals surface area contributed by atoms with Crippen LogP contribution in [0.3, 0.4) is 0 Å². The molecule has 0 aliphatic heterocycles. The molecule has 0 radical (unpaired) electrons. The van der Waals surface area contributed by atoms with E-state index in [0.717, 1.165) is 28.8 Å². The number of hydrogen-bond donors (Lipinski definition) is 1. The fraction of sp³-hybridized carbons (Fsp3) is 0.235. The predicted molar refractivity (Wildman–Crippen MR) is 81.6 cm³/mol. The minimum Gasteiger partial charge on any atom is -0.395 e. The minimum absolute atomic E-state index is 0.109. The van der Waals surface area contributed by atoms with Gasteiger partial charge in [0.05, 0.1) is 17.6 Å². The fourth-order valence-corrected chi connectivity index (χ4v) is 2.55. The summed E-state index contributed by atoms with van der Waals surface area (Å²) in [5.41, 5.74) is 3.97. The molecule has 3 aromatic rings. The van der Waals surface area contributed by atoms with Crippen LogP contribution in [0.5, 0.6) is 0 Å². The number of aliphatic hydroxyl groups excluding tert-OH is 1. The summed E-state index contributed by atoms with van der Waals surface area (Å²) in [4.78, 5) is 4.42. The highest BCUT2D eigenvalue weighted by atomic mass is 19.2. The van der Waals surface area contributed by atoms with Gasteiger partial charge in [0.2, 0.25) is 0 Å². The van der Waals surface area contributed by atoms with Crippen LogP contribution in [0.4, 0.5) is 8.78 Å². The van der Waals surface area contributed by atoms with E-state index in [-0.39, 0.29) is 13.2 Å². The Kier molecular flexibility index (Phi) is 3.66.